The van der Waals surface area contributed by atoms with Gasteiger partial charge in [0.05, 0.1) is 19.8 Å². The molecule has 3 aromatic rings. The highest BCUT2D eigenvalue weighted by Gasteiger charge is 2.50. The van der Waals surface area contributed by atoms with Gasteiger partial charge >= 0.3 is 6.03 Å². The zero-order chi connectivity index (χ0) is 27.0. The van der Waals surface area contributed by atoms with Crippen molar-refractivity contribution in [2.75, 3.05) is 37.7 Å². The third-order valence-corrected chi connectivity index (χ3v) is 7.74. The van der Waals surface area contributed by atoms with Gasteiger partial charge in [-0.05, 0) is 59.2 Å². The number of benzene rings is 2. The molecule has 11 heteroatoms. The number of imide groups is 1. The van der Waals surface area contributed by atoms with Crippen LogP contribution >= 0.6 is 15.9 Å². The van der Waals surface area contributed by atoms with E-state index in [2.05, 4.69) is 36.4 Å². The second-order valence-electron chi connectivity index (χ2n) is 9.71. The molecule has 0 spiro atoms. The number of amides is 4. The summed E-state index contributed by atoms with van der Waals surface area (Å²) in [5, 5.41) is 5.08. The van der Waals surface area contributed by atoms with E-state index in [4.69, 9.17) is 9.47 Å². The fourth-order valence-corrected chi connectivity index (χ4v) is 5.44. The van der Waals surface area contributed by atoms with Gasteiger partial charge in [0.1, 0.15) is 18.2 Å². The van der Waals surface area contributed by atoms with Crippen molar-refractivity contribution in [2.45, 2.75) is 18.7 Å². The molecule has 1 aromatic heterocycles. The quantitative estimate of drug-likeness (QED) is 0.406. The molecule has 0 unspecified atom stereocenters. The van der Waals surface area contributed by atoms with Crippen LogP contribution in [0.1, 0.15) is 27.0 Å². The molecule has 0 saturated carbocycles. The van der Waals surface area contributed by atoms with Gasteiger partial charge < -0.3 is 24.6 Å². The number of fused-ring (bicyclic) bond motifs is 1. The molecular formula is C28H26BrN5O5. The standard InChI is InChI=1S/C28H26BrN5O5/c29-21-3-1-20(2-4-21)28(26(36)31-27(37)32-28)17-34-15-19-14-22(5-6-23(19)25(34)35)39-16-18-7-8-30-24(13-18)33-9-11-38-12-10-33/h1-8,13-14H,9-12,15-17H2,(H2,31,32,36,37)/t28-/m0/s1. The van der Waals surface area contributed by atoms with E-state index in [-0.39, 0.29) is 12.5 Å². The molecule has 2 fully saturated rings. The Morgan fingerprint density at radius 1 is 1.03 bits per heavy atom. The zero-order valence-electron chi connectivity index (χ0n) is 21.0. The van der Waals surface area contributed by atoms with Crippen molar-refractivity contribution in [3.63, 3.8) is 0 Å². The second kappa shape index (κ2) is 10.3. The maximum atomic E-state index is 13.3. The Labute approximate surface area is 233 Å². The number of hydrogen-bond donors (Lipinski definition) is 2. The highest BCUT2D eigenvalue weighted by atomic mass is 79.9. The Kier molecular flexibility index (Phi) is 6.69. The van der Waals surface area contributed by atoms with Crippen LogP contribution in [0.5, 0.6) is 5.75 Å². The molecule has 1 atom stereocenters. The van der Waals surface area contributed by atoms with Crippen LogP contribution in [0.15, 0.2) is 65.3 Å². The molecule has 6 rings (SSSR count). The highest BCUT2D eigenvalue weighted by molar-refractivity contribution is 9.10. The van der Waals surface area contributed by atoms with Crippen LogP contribution in [0.3, 0.4) is 0 Å². The van der Waals surface area contributed by atoms with Crippen LogP contribution in [0.2, 0.25) is 0 Å². The molecule has 4 amide bonds. The number of hydrogen-bond acceptors (Lipinski definition) is 7. The number of rotatable bonds is 7. The largest absolute Gasteiger partial charge is 0.489 e. The van der Waals surface area contributed by atoms with Crippen LogP contribution in [-0.2, 0) is 28.2 Å². The van der Waals surface area contributed by atoms with Crippen LogP contribution in [0, 0.1) is 0 Å². The molecule has 200 valence electrons. The van der Waals surface area contributed by atoms with E-state index in [1.165, 1.54) is 0 Å². The first kappa shape index (κ1) is 25.3. The Morgan fingerprint density at radius 2 is 1.82 bits per heavy atom. The molecular weight excluding hydrogens is 566 g/mol. The predicted octanol–water partition coefficient (Wildman–Crippen LogP) is 2.95. The molecule has 4 heterocycles. The van der Waals surface area contributed by atoms with Gasteiger partial charge in [0, 0.05) is 35.9 Å². The van der Waals surface area contributed by atoms with Gasteiger partial charge in [0.15, 0.2) is 5.54 Å². The minimum Gasteiger partial charge on any atom is -0.489 e. The third-order valence-electron chi connectivity index (χ3n) is 7.21. The fraction of sp³-hybridized carbons (Fsp3) is 0.286. The summed E-state index contributed by atoms with van der Waals surface area (Å²) < 4.78 is 12.3. The van der Waals surface area contributed by atoms with Crippen LogP contribution in [0.25, 0.3) is 0 Å². The van der Waals surface area contributed by atoms with Crippen molar-refractivity contribution >= 4 is 39.6 Å². The van der Waals surface area contributed by atoms with Crippen LogP contribution in [0.4, 0.5) is 10.6 Å². The van der Waals surface area contributed by atoms with Gasteiger partial charge in [-0.3, -0.25) is 14.9 Å². The number of nitrogens with one attached hydrogen (secondary N) is 2. The monoisotopic (exact) mass is 591 g/mol. The van der Waals surface area contributed by atoms with Crippen molar-refractivity contribution in [3.05, 3.63) is 87.5 Å². The molecule has 0 aliphatic carbocycles. The van der Waals surface area contributed by atoms with Gasteiger partial charge in [0.2, 0.25) is 0 Å². The SMILES string of the molecule is O=C1NC(=O)[C@](CN2Cc3cc(OCc4ccnc(N5CCOCC5)c4)ccc3C2=O)(c2ccc(Br)cc2)N1. The minimum absolute atomic E-state index is 0.00274. The molecule has 0 radical (unpaired) electrons. The minimum atomic E-state index is -1.38. The molecule has 10 nitrogen and oxygen atoms in total. The van der Waals surface area contributed by atoms with Crippen molar-refractivity contribution in [1.82, 2.24) is 20.5 Å². The summed E-state index contributed by atoms with van der Waals surface area (Å²) in [4.78, 5) is 46.7. The third kappa shape index (κ3) is 4.95. The number of carbonyl (C=O) groups is 3. The summed E-state index contributed by atoms with van der Waals surface area (Å²) in [6.45, 7) is 3.64. The molecule has 3 aliphatic heterocycles. The average molecular weight is 592 g/mol. The Morgan fingerprint density at radius 3 is 2.56 bits per heavy atom. The van der Waals surface area contributed by atoms with Gasteiger partial charge in [-0.25, -0.2) is 9.78 Å². The maximum Gasteiger partial charge on any atom is 0.322 e. The lowest BCUT2D eigenvalue weighted by atomic mass is 9.89. The Bertz CT molecular complexity index is 1440. The Balaban J connectivity index is 1.17. The smallest absolute Gasteiger partial charge is 0.322 e. The van der Waals surface area contributed by atoms with E-state index >= 15 is 0 Å². The lowest BCUT2D eigenvalue weighted by Gasteiger charge is -2.31. The molecule has 2 aromatic carbocycles. The van der Waals surface area contributed by atoms with Gasteiger partial charge in [0.25, 0.3) is 11.8 Å². The van der Waals surface area contributed by atoms with Crippen molar-refractivity contribution in [1.29, 1.82) is 0 Å². The summed E-state index contributed by atoms with van der Waals surface area (Å²) in [6.07, 6.45) is 1.78. The molecule has 3 aliphatic rings. The van der Waals surface area contributed by atoms with Gasteiger partial charge in [-0.2, -0.15) is 0 Å². The van der Waals surface area contributed by atoms with Crippen LogP contribution < -0.4 is 20.3 Å². The average Bonchev–Trinajstić information content (AvgIpc) is 3.42. The van der Waals surface area contributed by atoms with Crippen LogP contribution in [-0.4, -0.2) is 60.6 Å². The summed E-state index contributed by atoms with van der Waals surface area (Å²) >= 11 is 3.40. The molecule has 2 N–H and O–H groups in total. The number of nitrogens with zero attached hydrogens (tertiary/aromatic N) is 3. The van der Waals surface area contributed by atoms with Crippen molar-refractivity contribution < 1.29 is 23.9 Å². The van der Waals surface area contributed by atoms with Gasteiger partial charge in [-0.1, -0.05) is 28.1 Å². The first-order valence-corrected chi connectivity index (χ1v) is 13.4. The number of carbonyl (C=O) groups excluding carboxylic acids is 3. The molecule has 39 heavy (non-hydrogen) atoms. The summed E-state index contributed by atoms with van der Waals surface area (Å²) in [6, 6.07) is 15.9. The summed E-state index contributed by atoms with van der Waals surface area (Å²) in [5.41, 5.74) is 1.56. The van der Waals surface area contributed by atoms with Crippen molar-refractivity contribution in [3.8, 4) is 5.75 Å². The zero-order valence-corrected chi connectivity index (χ0v) is 22.6. The summed E-state index contributed by atoms with van der Waals surface area (Å²) in [5.74, 6) is 0.850. The normalized spacial score (nSPS) is 20.6. The maximum absolute atomic E-state index is 13.3. The van der Waals surface area contributed by atoms with E-state index < -0.39 is 17.5 Å². The number of morpholine rings is 1. The van der Waals surface area contributed by atoms with Gasteiger partial charge in [-0.15, -0.1) is 0 Å². The highest BCUT2D eigenvalue weighted by Crippen LogP contribution is 2.33. The number of pyridine rings is 1. The number of aromatic nitrogens is 1. The first-order chi connectivity index (χ1) is 18.9. The number of urea groups is 1. The van der Waals surface area contributed by atoms with E-state index in [9.17, 15) is 14.4 Å². The van der Waals surface area contributed by atoms with Crippen molar-refractivity contribution in [2.24, 2.45) is 0 Å². The summed E-state index contributed by atoms with van der Waals surface area (Å²) in [7, 11) is 0. The lowest BCUT2D eigenvalue weighted by Crippen LogP contribution is -2.52. The molecule has 2 saturated heterocycles. The lowest BCUT2D eigenvalue weighted by molar-refractivity contribution is -0.124. The number of halogens is 1. The van der Waals surface area contributed by atoms with E-state index in [1.807, 2.05) is 18.2 Å². The fourth-order valence-electron chi connectivity index (χ4n) is 5.18. The second-order valence-corrected chi connectivity index (χ2v) is 10.6. The molecule has 0 bridgehead atoms. The number of anilines is 1. The van der Waals surface area contributed by atoms with E-state index in [0.717, 1.165) is 34.5 Å². The Hall–Kier alpha value is -3.96. The van der Waals surface area contributed by atoms with E-state index in [0.29, 0.717) is 43.2 Å². The topological polar surface area (TPSA) is 113 Å². The predicted molar refractivity (Wildman–Crippen MR) is 145 cm³/mol. The number of ether oxygens (including phenoxy) is 2. The first-order valence-electron chi connectivity index (χ1n) is 12.6. The van der Waals surface area contributed by atoms with E-state index in [1.54, 1.807) is 47.5 Å².